The van der Waals surface area contributed by atoms with Crippen molar-refractivity contribution in [2.45, 2.75) is 18.0 Å². The van der Waals surface area contributed by atoms with Crippen LogP contribution < -0.4 is 4.72 Å². The molecule has 2 aromatic carbocycles. The fourth-order valence-electron chi connectivity index (χ4n) is 2.25. The van der Waals surface area contributed by atoms with Gasteiger partial charge in [0.15, 0.2) is 0 Å². The Balaban J connectivity index is 1.82. The fraction of sp³-hybridized carbons (Fsp3) is 0.200. The predicted octanol–water partition coefficient (Wildman–Crippen LogP) is 2.32. The molecule has 6 nitrogen and oxygen atoms in total. The summed E-state index contributed by atoms with van der Waals surface area (Å²) in [6.45, 7) is 0.693. The summed E-state index contributed by atoms with van der Waals surface area (Å²) in [5, 5.41) is 0. The molecule has 8 heteroatoms. The number of aromatic nitrogens is 2. The molecular weight excluding hydrogens is 334 g/mol. The van der Waals surface area contributed by atoms with E-state index in [0.717, 1.165) is 22.9 Å². The minimum Gasteiger partial charge on any atom is -0.380 e. The Morgan fingerprint density at radius 3 is 2.74 bits per heavy atom. The smallest absolute Gasteiger partial charge is 0.243 e. The van der Waals surface area contributed by atoms with Gasteiger partial charge in [-0.25, -0.2) is 13.1 Å². The molecule has 1 N–H and O–H groups in total. The maximum Gasteiger partial charge on any atom is 0.243 e. The standard InChI is InChI=1S/C15H15N3O3S2/c1-21-10-12-5-2-4-11(8-12)9-16-23(19,20)14-7-3-6-13-15(14)18-22-17-13/h2-8,16H,9-10H2,1H3. The molecule has 1 aromatic heterocycles. The zero-order valence-corrected chi connectivity index (χ0v) is 14.0. The number of benzene rings is 2. The van der Waals surface area contributed by atoms with Crippen molar-refractivity contribution in [1.82, 2.24) is 13.5 Å². The van der Waals surface area contributed by atoms with E-state index in [1.807, 2.05) is 24.3 Å². The molecule has 0 saturated carbocycles. The SMILES string of the molecule is COCc1cccc(CNS(=O)(=O)c2cccc3nsnc23)c1. The van der Waals surface area contributed by atoms with Crippen molar-refractivity contribution in [3.63, 3.8) is 0 Å². The maximum atomic E-state index is 12.5. The van der Waals surface area contributed by atoms with Crippen molar-refractivity contribution in [1.29, 1.82) is 0 Å². The van der Waals surface area contributed by atoms with E-state index in [1.54, 1.807) is 19.2 Å². The Bertz CT molecular complexity index is 922. The van der Waals surface area contributed by atoms with Crippen LogP contribution in [0.5, 0.6) is 0 Å². The predicted molar refractivity (Wildman–Crippen MR) is 88.6 cm³/mol. The van der Waals surface area contributed by atoms with Crippen LogP contribution in [0.1, 0.15) is 11.1 Å². The number of ether oxygens (including phenoxy) is 1. The molecule has 1 heterocycles. The highest BCUT2D eigenvalue weighted by molar-refractivity contribution is 7.89. The van der Waals surface area contributed by atoms with Gasteiger partial charge in [0.1, 0.15) is 15.9 Å². The molecule has 0 amide bonds. The molecule has 120 valence electrons. The summed E-state index contributed by atoms with van der Waals surface area (Å²) in [6, 6.07) is 12.5. The van der Waals surface area contributed by atoms with E-state index in [0.29, 0.717) is 17.6 Å². The largest absolute Gasteiger partial charge is 0.380 e. The highest BCUT2D eigenvalue weighted by atomic mass is 32.2. The summed E-state index contributed by atoms with van der Waals surface area (Å²) in [4.78, 5) is 0.150. The summed E-state index contributed by atoms with van der Waals surface area (Å²) in [5.41, 5.74) is 2.85. The van der Waals surface area contributed by atoms with Crippen molar-refractivity contribution < 1.29 is 13.2 Å². The Kier molecular flexibility index (Phi) is 4.67. The molecule has 0 aliphatic rings. The van der Waals surface area contributed by atoms with Gasteiger partial charge >= 0.3 is 0 Å². The number of rotatable bonds is 6. The van der Waals surface area contributed by atoms with Gasteiger partial charge in [-0.3, -0.25) is 0 Å². The lowest BCUT2D eigenvalue weighted by atomic mass is 10.1. The molecule has 0 radical (unpaired) electrons. The van der Waals surface area contributed by atoms with E-state index in [-0.39, 0.29) is 11.4 Å². The zero-order chi connectivity index (χ0) is 16.3. The first-order valence-electron chi connectivity index (χ1n) is 6.88. The first kappa shape index (κ1) is 16.0. The molecule has 0 unspecified atom stereocenters. The van der Waals surface area contributed by atoms with Gasteiger partial charge in [-0.1, -0.05) is 30.3 Å². The van der Waals surface area contributed by atoms with Crippen LogP contribution in [-0.2, 0) is 27.9 Å². The molecule has 0 aliphatic carbocycles. The van der Waals surface area contributed by atoms with Crippen LogP contribution in [0.25, 0.3) is 11.0 Å². The van der Waals surface area contributed by atoms with E-state index in [4.69, 9.17) is 4.74 Å². The summed E-state index contributed by atoms with van der Waals surface area (Å²) in [6.07, 6.45) is 0. The molecule has 0 saturated heterocycles. The zero-order valence-electron chi connectivity index (χ0n) is 12.4. The Morgan fingerprint density at radius 2 is 1.91 bits per heavy atom. The Morgan fingerprint density at radius 1 is 1.13 bits per heavy atom. The number of hydrogen-bond donors (Lipinski definition) is 1. The lowest BCUT2D eigenvalue weighted by Gasteiger charge is -2.08. The number of fused-ring (bicyclic) bond motifs is 1. The van der Waals surface area contributed by atoms with Gasteiger partial charge in [-0.2, -0.15) is 8.75 Å². The highest BCUT2D eigenvalue weighted by Gasteiger charge is 2.19. The monoisotopic (exact) mass is 349 g/mol. The average Bonchev–Trinajstić information content (AvgIpc) is 3.02. The number of methoxy groups -OCH3 is 1. The number of sulfonamides is 1. The minimum atomic E-state index is -3.66. The van der Waals surface area contributed by atoms with Gasteiger partial charge in [0.2, 0.25) is 10.0 Å². The van der Waals surface area contributed by atoms with Gasteiger partial charge in [0.25, 0.3) is 0 Å². The van der Waals surface area contributed by atoms with Gasteiger partial charge in [-0.05, 0) is 23.3 Å². The number of hydrogen-bond acceptors (Lipinski definition) is 6. The molecule has 0 aliphatic heterocycles. The van der Waals surface area contributed by atoms with Crippen LogP contribution in [0, 0.1) is 0 Å². The van der Waals surface area contributed by atoms with Crippen molar-refractivity contribution in [2.24, 2.45) is 0 Å². The first-order chi connectivity index (χ1) is 11.1. The molecule has 23 heavy (non-hydrogen) atoms. The Labute approximate surface area is 138 Å². The van der Waals surface area contributed by atoms with Crippen molar-refractivity contribution >= 4 is 32.8 Å². The lowest BCUT2D eigenvalue weighted by molar-refractivity contribution is 0.185. The van der Waals surface area contributed by atoms with Gasteiger partial charge in [0.05, 0.1) is 18.3 Å². The van der Waals surface area contributed by atoms with Gasteiger partial charge < -0.3 is 4.74 Å². The van der Waals surface area contributed by atoms with Crippen LogP contribution in [0.4, 0.5) is 0 Å². The molecule has 3 rings (SSSR count). The maximum absolute atomic E-state index is 12.5. The van der Waals surface area contributed by atoms with Crippen molar-refractivity contribution in [3.05, 3.63) is 53.6 Å². The van der Waals surface area contributed by atoms with Crippen molar-refractivity contribution in [2.75, 3.05) is 7.11 Å². The topological polar surface area (TPSA) is 81.2 Å². The van der Waals surface area contributed by atoms with Crippen LogP contribution in [0.3, 0.4) is 0 Å². The summed E-state index contributed by atoms with van der Waals surface area (Å²) in [5.74, 6) is 0. The fourth-order valence-corrected chi connectivity index (χ4v) is 4.03. The number of nitrogens with zero attached hydrogens (tertiary/aromatic N) is 2. The second-order valence-corrected chi connectivity index (χ2v) is 7.23. The van der Waals surface area contributed by atoms with Gasteiger partial charge in [-0.15, -0.1) is 0 Å². The van der Waals surface area contributed by atoms with Crippen LogP contribution in [-0.4, -0.2) is 24.3 Å². The second-order valence-electron chi connectivity index (χ2n) is 4.97. The van der Waals surface area contributed by atoms with E-state index in [1.165, 1.54) is 6.07 Å². The van der Waals surface area contributed by atoms with E-state index < -0.39 is 10.0 Å². The summed E-state index contributed by atoms with van der Waals surface area (Å²) in [7, 11) is -2.03. The highest BCUT2D eigenvalue weighted by Crippen LogP contribution is 2.21. The van der Waals surface area contributed by atoms with E-state index in [2.05, 4.69) is 13.5 Å². The van der Waals surface area contributed by atoms with Crippen LogP contribution >= 0.6 is 11.7 Å². The van der Waals surface area contributed by atoms with Gasteiger partial charge in [0, 0.05) is 13.7 Å². The quantitative estimate of drug-likeness (QED) is 0.738. The summed E-state index contributed by atoms with van der Waals surface area (Å²) >= 11 is 0.999. The normalized spacial score (nSPS) is 11.9. The van der Waals surface area contributed by atoms with Crippen molar-refractivity contribution in [3.8, 4) is 0 Å². The molecular formula is C15H15N3O3S2. The molecule has 0 fully saturated rings. The number of nitrogens with one attached hydrogen (secondary N) is 1. The summed E-state index contributed by atoms with van der Waals surface area (Å²) < 4.78 is 40.9. The van der Waals surface area contributed by atoms with Crippen LogP contribution in [0.2, 0.25) is 0 Å². The molecule has 0 atom stereocenters. The van der Waals surface area contributed by atoms with E-state index >= 15 is 0 Å². The lowest BCUT2D eigenvalue weighted by Crippen LogP contribution is -2.23. The first-order valence-corrected chi connectivity index (χ1v) is 9.09. The molecule has 3 aromatic rings. The third-order valence-corrected chi connectivity index (χ3v) is 5.28. The average molecular weight is 349 g/mol. The third kappa shape index (κ3) is 3.56. The Hall–Kier alpha value is -1.87. The van der Waals surface area contributed by atoms with Crippen LogP contribution in [0.15, 0.2) is 47.4 Å². The second kappa shape index (κ2) is 6.71. The molecule has 0 spiro atoms. The molecule has 0 bridgehead atoms. The minimum absolute atomic E-state index is 0.150. The third-order valence-electron chi connectivity index (χ3n) is 3.31. The van der Waals surface area contributed by atoms with E-state index in [9.17, 15) is 8.42 Å².